The molecule has 0 nitrogen and oxygen atoms in total. The van der Waals surface area contributed by atoms with Crippen LogP contribution in [0, 0.1) is 0 Å². The maximum absolute atomic E-state index is 2.45. The molecule has 0 atom stereocenters. The maximum Gasteiger partial charge on any atom is 0.0542 e. The number of thiophene rings is 3. The fourth-order valence-electron chi connectivity index (χ4n) is 3.64. The second-order valence-corrected chi connectivity index (χ2v) is 10.7. The summed E-state index contributed by atoms with van der Waals surface area (Å²) in [6.07, 6.45) is 9.93. The van der Waals surface area contributed by atoms with Gasteiger partial charge >= 0.3 is 0 Å². The quantitative estimate of drug-likeness (QED) is 0.249. The fourth-order valence-corrected chi connectivity index (χ4v) is 8.71. The molecule has 3 aromatic heterocycles. The molecule has 126 valence electrons. The minimum Gasteiger partial charge on any atom is -0.139 e. The van der Waals surface area contributed by atoms with Crippen molar-refractivity contribution >= 4 is 85.4 Å². The van der Waals surface area contributed by atoms with E-state index >= 15 is 0 Å². The highest BCUT2D eigenvalue weighted by atomic mass is 32.2. The van der Waals surface area contributed by atoms with Gasteiger partial charge in [0.25, 0.3) is 0 Å². The number of fused-ring (bicyclic) bond motifs is 8. The van der Waals surface area contributed by atoms with Crippen molar-refractivity contribution in [1.82, 2.24) is 0 Å². The van der Waals surface area contributed by atoms with Crippen molar-refractivity contribution in [1.29, 1.82) is 0 Å². The molecule has 0 saturated carbocycles. The Bertz CT molecular complexity index is 1360. The number of benzene rings is 2. The van der Waals surface area contributed by atoms with E-state index in [0.29, 0.717) is 0 Å². The molecule has 1 aliphatic heterocycles. The second-order valence-electron chi connectivity index (χ2n) is 6.43. The van der Waals surface area contributed by atoms with Crippen molar-refractivity contribution in [2.24, 2.45) is 0 Å². The van der Waals surface area contributed by atoms with E-state index < -0.39 is 0 Å². The zero-order valence-corrected chi connectivity index (χ0v) is 17.1. The minimum absolute atomic E-state index is 1.04. The number of rotatable bonds is 0. The molecule has 0 saturated heterocycles. The number of hydrogen-bond acceptors (Lipinski definition) is 4. The van der Waals surface area contributed by atoms with Crippen LogP contribution in [0.25, 0.3) is 39.7 Å². The lowest BCUT2D eigenvalue weighted by Crippen LogP contribution is -1.79. The third-order valence-corrected chi connectivity index (χ3v) is 9.77. The Kier molecular flexibility index (Phi) is 3.55. The van der Waals surface area contributed by atoms with E-state index in [4.69, 9.17) is 0 Å². The van der Waals surface area contributed by atoms with Crippen molar-refractivity contribution < 1.29 is 0 Å². The van der Waals surface area contributed by atoms with Gasteiger partial charge in [-0.15, -0.1) is 45.8 Å². The smallest absolute Gasteiger partial charge is 0.0542 e. The summed E-state index contributed by atoms with van der Waals surface area (Å²) in [6.45, 7) is 0. The molecule has 0 amide bonds. The van der Waals surface area contributed by atoms with Crippen molar-refractivity contribution in [2.75, 3.05) is 5.75 Å². The zero-order valence-electron chi connectivity index (χ0n) is 13.8. The first kappa shape index (κ1) is 15.5. The summed E-state index contributed by atoms with van der Waals surface area (Å²) in [5, 5.41) is 4.29. The van der Waals surface area contributed by atoms with Gasteiger partial charge in [-0.3, -0.25) is 0 Å². The van der Waals surface area contributed by atoms with Crippen LogP contribution in [0.1, 0.15) is 4.88 Å². The molecule has 2 aromatic carbocycles. The van der Waals surface area contributed by atoms with Crippen molar-refractivity contribution in [3.63, 3.8) is 0 Å². The van der Waals surface area contributed by atoms with Crippen LogP contribution in [0.2, 0.25) is 0 Å². The molecule has 1 aliphatic rings. The molecule has 4 heterocycles. The van der Waals surface area contributed by atoms with E-state index in [1.807, 2.05) is 45.8 Å². The Labute approximate surface area is 167 Å². The third-order valence-electron chi connectivity index (χ3n) is 4.83. The molecule has 26 heavy (non-hydrogen) atoms. The normalized spacial score (nSPS) is 14.9. The Morgan fingerprint density at radius 1 is 0.692 bits per heavy atom. The molecule has 0 radical (unpaired) electrons. The molecule has 0 aliphatic carbocycles. The van der Waals surface area contributed by atoms with E-state index in [0.717, 1.165) is 12.2 Å². The molecule has 0 spiro atoms. The SMILES string of the molecule is C1=CCSc2c(sc3cc4c(cc23)sc2c3ccccc3sc42)CC=C1. The van der Waals surface area contributed by atoms with Gasteiger partial charge in [0.15, 0.2) is 0 Å². The van der Waals surface area contributed by atoms with Gasteiger partial charge in [0, 0.05) is 52.2 Å². The topological polar surface area (TPSA) is 0 Å². The summed E-state index contributed by atoms with van der Waals surface area (Å²) in [5.74, 6) is 1.05. The summed E-state index contributed by atoms with van der Waals surface area (Å²) < 4.78 is 7.18. The van der Waals surface area contributed by atoms with Crippen molar-refractivity contribution in [3.05, 3.63) is 65.6 Å². The van der Waals surface area contributed by atoms with Gasteiger partial charge in [0.2, 0.25) is 0 Å². The average Bonchev–Trinajstić information content (AvgIpc) is 3.30. The summed E-state index contributed by atoms with van der Waals surface area (Å²) in [7, 11) is 0. The standard InChI is InChI=1S/C22H14S4/c1-2-6-10-23-20-14-11-19-15(12-18(14)24-17(20)9-3-1)22-21(26-19)13-7-4-5-8-16(13)25-22/h1-8,11-12H,9-10H2. The van der Waals surface area contributed by atoms with Gasteiger partial charge in [0.05, 0.1) is 9.40 Å². The average molecular weight is 407 g/mol. The fraction of sp³-hybridized carbons (Fsp3) is 0.0909. The van der Waals surface area contributed by atoms with Crippen LogP contribution in [-0.4, -0.2) is 5.75 Å². The van der Waals surface area contributed by atoms with Gasteiger partial charge in [-0.25, -0.2) is 0 Å². The Morgan fingerprint density at radius 3 is 2.46 bits per heavy atom. The van der Waals surface area contributed by atoms with E-state index in [1.54, 1.807) is 0 Å². The highest BCUT2D eigenvalue weighted by Gasteiger charge is 2.17. The van der Waals surface area contributed by atoms with E-state index in [9.17, 15) is 0 Å². The largest absolute Gasteiger partial charge is 0.139 e. The second kappa shape index (κ2) is 5.96. The predicted octanol–water partition coefficient (Wildman–Crippen LogP) is 8.24. The van der Waals surface area contributed by atoms with Gasteiger partial charge in [-0.1, -0.05) is 42.5 Å². The Balaban J connectivity index is 1.66. The summed E-state index contributed by atoms with van der Waals surface area (Å²) >= 11 is 7.86. The highest BCUT2D eigenvalue weighted by molar-refractivity contribution is 7.99. The number of hydrogen-bond donors (Lipinski definition) is 0. The number of thioether (sulfide) groups is 1. The predicted molar refractivity (Wildman–Crippen MR) is 123 cm³/mol. The molecular formula is C22H14S4. The summed E-state index contributed by atoms with van der Waals surface area (Å²) in [4.78, 5) is 3.00. The van der Waals surface area contributed by atoms with Crippen LogP contribution >= 0.6 is 45.8 Å². The number of allylic oxidation sites excluding steroid dienone is 3. The van der Waals surface area contributed by atoms with Crippen molar-refractivity contribution in [2.45, 2.75) is 11.3 Å². The van der Waals surface area contributed by atoms with E-state index in [-0.39, 0.29) is 0 Å². The first-order valence-corrected chi connectivity index (χ1v) is 12.1. The highest BCUT2D eigenvalue weighted by Crippen LogP contribution is 2.48. The van der Waals surface area contributed by atoms with Gasteiger partial charge in [-0.2, -0.15) is 0 Å². The monoisotopic (exact) mass is 406 g/mol. The Hall–Kier alpha value is -1.59. The van der Waals surface area contributed by atoms with Crippen LogP contribution in [0.15, 0.2) is 65.6 Å². The van der Waals surface area contributed by atoms with Crippen molar-refractivity contribution in [3.8, 4) is 0 Å². The van der Waals surface area contributed by atoms with Crippen LogP contribution in [0.5, 0.6) is 0 Å². The molecule has 0 fully saturated rings. The lowest BCUT2D eigenvalue weighted by atomic mass is 10.2. The van der Waals surface area contributed by atoms with Crippen LogP contribution in [0.3, 0.4) is 0 Å². The molecule has 5 aromatic rings. The van der Waals surface area contributed by atoms with Crippen LogP contribution < -0.4 is 0 Å². The summed E-state index contributed by atoms with van der Waals surface area (Å²) in [6, 6.07) is 13.7. The Morgan fingerprint density at radius 2 is 1.46 bits per heavy atom. The van der Waals surface area contributed by atoms with Crippen LogP contribution in [0.4, 0.5) is 0 Å². The molecule has 0 bridgehead atoms. The van der Waals surface area contributed by atoms with Crippen LogP contribution in [-0.2, 0) is 6.42 Å². The first-order chi connectivity index (χ1) is 12.9. The first-order valence-electron chi connectivity index (χ1n) is 8.62. The summed E-state index contributed by atoms with van der Waals surface area (Å²) in [5.41, 5.74) is 0. The molecule has 0 unspecified atom stereocenters. The molecular weight excluding hydrogens is 393 g/mol. The lowest BCUT2D eigenvalue weighted by molar-refractivity contribution is 1.28. The molecule has 4 heteroatoms. The zero-order chi connectivity index (χ0) is 17.1. The molecule has 0 N–H and O–H groups in total. The third kappa shape index (κ3) is 2.26. The van der Waals surface area contributed by atoms with Gasteiger partial charge < -0.3 is 0 Å². The van der Waals surface area contributed by atoms with Gasteiger partial charge in [-0.05, 0) is 18.2 Å². The van der Waals surface area contributed by atoms with Gasteiger partial charge in [0.1, 0.15) is 0 Å². The minimum atomic E-state index is 1.04. The molecule has 6 rings (SSSR count). The van der Waals surface area contributed by atoms with E-state index in [1.165, 1.54) is 49.4 Å². The van der Waals surface area contributed by atoms with E-state index in [2.05, 4.69) is 60.7 Å². The lowest BCUT2D eigenvalue weighted by Gasteiger charge is -2.00. The maximum atomic E-state index is 2.45.